The standard InChI is InChI=1S/C4H12N2S2.2CH3NO2/c5-1-3-7-8-4-2-6;2*2-1(3)4/h1-6H2;2*2H2,(H,3,4). The predicted octanol–water partition coefficient (Wildman–Crippen LogP) is -0.469. The second-order valence-corrected chi connectivity index (χ2v) is 4.60. The van der Waals surface area contributed by atoms with Crippen molar-refractivity contribution in [2.24, 2.45) is 22.9 Å². The van der Waals surface area contributed by atoms with Crippen molar-refractivity contribution in [1.82, 2.24) is 0 Å². The van der Waals surface area contributed by atoms with Gasteiger partial charge in [-0.15, -0.1) is 0 Å². The van der Waals surface area contributed by atoms with Crippen LogP contribution in [0.3, 0.4) is 0 Å². The van der Waals surface area contributed by atoms with E-state index in [1.165, 1.54) is 0 Å². The molecule has 8 nitrogen and oxygen atoms in total. The van der Waals surface area contributed by atoms with Crippen LogP contribution in [0.15, 0.2) is 0 Å². The zero-order valence-electron chi connectivity index (χ0n) is 8.67. The van der Waals surface area contributed by atoms with Gasteiger partial charge in [-0.1, -0.05) is 21.6 Å². The third-order valence-corrected chi connectivity index (χ3v) is 2.96. The molecule has 0 aromatic heterocycles. The van der Waals surface area contributed by atoms with Gasteiger partial charge in [-0.05, 0) is 0 Å². The minimum atomic E-state index is -1.33. The summed E-state index contributed by atoms with van der Waals surface area (Å²) in [7, 11) is 3.58. The lowest BCUT2D eigenvalue weighted by molar-refractivity contribution is 0.204. The second-order valence-electron chi connectivity index (χ2n) is 1.90. The van der Waals surface area contributed by atoms with E-state index in [0.29, 0.717) is 0 Å². The van der Waals surface area contributed by atoms with Crippen molar-refractivity contribution in [2.45, 2.75) is 0 Å². The Morgan fingerprint density at radius 1 is 0.875 bits per heavy atom. The summed E-state index contributed by atoms with van der Waals surface area (Å²) < 4.78 is 0. The molecule has 0 bridgehead atoms. The van der Waals surface area contributed by atoms with E-state index in [4.69, 9.17) is 31.3 Å². The van der Waals surface area contributed by atoms with Crippen LogP contribution in [0.5, 0.6) is 0 Å². The minimum Gasteiger partial charge on any atom is -0.465 e. The van der Waals surface area contributed by atoms with E-state index < -0.39 is 12.2 Å². The third-order valence-electron chi connectivity index (χ3n) is 0.486. The summed E-state index contributed by atoms with van der Waals surface area (Å²) in [5, 5.41) is 14.4. The first-order valence-electron chi connectivity index (χ1n) is 3.99. The first kappa shape index (κ1) is 20.6. The fourth-order valence-corrected chi connectivity index (χ4v) is 1.93. The maximum Gasteiger partial charge on any atom is 0.402 e. The lowest BCUT2D eigenvalue weighted by Crippen LogP contribution is -2.03. The highest BCUT2D eigenvalue weighted by atomic mass is 33.1. The maximum absolute atomic E-state index is 8.78. The number of amides is 2. The Bertz CT molecular complexity index is 147. The highest BCUT2D eigenvalue weighted by Crippen LogP contribution is 2.18. The van der Waals surface area contributed by atoms with E-state index >= 15 is 0 Å². The molecule has 0 spiro atoms. The van der Waals surface area contributed by atoms with Gasteiger partial charge in [0.15, 0.2) is 0 Å². The molecule has 0 atom stereocenters. The normalized spacial score (nSPS) is 7.88. The lowest BCUT2D eigenvalue weighted by Gasteiger charge is -1.93. The molecule has 98 valence electrons. The topological polar surface area (TPSA) is 179 Å². The molecule has 10 heteroatoms. The molecule has 0 rings (SSSR count). The van der Waals surface area contributed by atoms with Crippen molar-refractivity contribution in [3.8, 4) is 0 Å². The third kappa shape index (κ3) is 112. The minimum absolute atomic E-state index is 0.766. The number of rotatable bonds is 5. The van der Waals surface area contributed by atoms with Gasteiger partial charge < -0.3 is 33.1 Å². The maximum atomic E-state index is 8.78. The largest absolute Gasteiger partial charge is 0.465 e. The van der Waals surface area contributed by atoms with E-state index in [2.05, 4.69) is 11.5 Å². The van der Waals surface area contributed by atoms with Crippen LogP contribution in [-0.2, 0) is 0 Å². The molecule has 16 heavy (non-hydrogen) atoms. The Balaban J connectivity index is -0.000000179. The van der Waals surface area contributed by atoms with E-state index in [1.807, 2.05) is 0 Å². The lowest BCUT2D eigenvalue weighted by atomic mass is 10.8. The molecular formula is C6H18N4O4S2. The molecule has 0 fully saturated rings. The molecule has 0 aliphatic rings. The Morgan fingerprint density at radius 2 is 1.06 bits per heavy atom. The summed E-state index contributed by atoms with van der Waals surface area (Å²) in [6.07, 6.45) is -2.67. The van der Waals surface area contributed by atoms with Crippen LogP contribution in [0.4, 0.5) is 9.59 Å². The fraction of sp³-hybridized carbons (Fsp3) is 0.667. The van der Waals surface area contributed by atoms with Gasteiger partial charge in [0.05, 0.1) is 0 Å². The second kappa shape index (κ2) is 19.7. The summed E-state index contributed by atoms with van der Waals surface area (Å²) in [5.74, 6) is 2.06. The zero-order valence-corrected chi connectivity index (χ0v) is 10.3. The predicted molar refractivity (Wildman–Crippen MR) is 67.4 cm³/mol. The van der Waals surface area contributed by atoms with Crippen molar-refractivity contribution >= 4 is 33.8 Å². The van der Waals surface area contributed by atoms with Crippen molar-refractivity contribution < 1.29 is 19.8 Å². The zero-order chi connectivity index (χ0) is 13.4. The number of nitrogens with two attached hydrogens (primary N) is 4. The van der Waals surface area contributed by atoms with Crippen molar-refractivity contribution in [3.05, 3.63) is 0 Å². The van der Waals surface area contributed by atoms with E-state index in [1.54, 1.807) is 21.6 Å². The molecule has 0 aliphatic heterocycles. The van der Waals surface area contributed by atoms with E-state index in [-0.39, 0.29) is 0 Å². The number of hydrogen-bond acceptors (Lipinski definition) is 6. The van der Waals surface area contributed by atoms with Gasteiger partial charge in [-0.2, -0.15) is 0 Å². The number of carbonyl (C=O) groups is 2. The van der Waals surface area contributed by atoms with Crippen LogP contribution >= 0.6 is 21.6 Å². The van der Waals surface area contributed by atoms with Crippen molar-refractivity contribution in [1.29, 1.82) is 0 Å². The summed E-state index contributed by atoms with van der Waals surface area (Å²) in [4.78, 5) is 17.6. The monoisotopic (exact) mass is 274 g/mol. The van der Waals surface area contributed by atoms with Gasteiger partial charge in [0, 0.05) is 24.6 Å². The van der Waals surface area contributed by atoms with E-state index in [9.17, 15) is 0 Å². The molecule has 0 aromatic carbocycles. The average Bonchev–Trinajstić information content (AvgIpc) is 2.11. The molecule has 0 aromatic rings. The van der Waals surface area contributed by atoms with Crippen LogP contribution in [0.25, 0.3) is 0 Å². The smallest absolute Gasteiger partial charge is 0.402 e. The molecule has 0 aliphatic carbocycles. The molecule has 0 saturated carbocycles. The van der Waals surface area contributed by atoms with Crippen molar-refractivity contribution in [3.63, 3.8) is 0 Å². The first-order chi connectivity index (χ1) is 7.38. The van der Waals surface area contributed by atoms with Crippen LogP contribution in [0, 0.1) is 0 Å². The van der Waals surface area contributed by atoms with E-state index in [0.717, 1.165) is 24.6 Å². The van der Waals surface area contributed by atoms with Gasteiger partial charge in [0.1, 0.15) is 0 Å². The van der Waals surface area contributed by atoms with Gasteiger partial charge in [-0.3, -0.25) is 0 Å². The Morgan fingerprint density at radius 3 is 1.19 bits per heavy atom. The molecule has 0 heterocycles. The summed E-state index contributed by atoms with van der Waals surface area (Å²) in [6, 6.07) is 0. The van der Waals surface area contributed by atoms with Crippen molar-refractivity contribution in [2.75, 3.05) is 24.6 Å². The fourth-order valence-electron chi connectivity index (χ4n) is 0.214. The van der Waals surface area contributed by atoms with Crippen LogP contribution in [-0.4, -0.2) is 47.0 Å². The average molecular weight is 274 g/mol. The molecule has 0 radical (unpaired) electrons. The SMILES string of the molecule is NC(=O)O.NC(=O)O.NCCSSCCN. The highest BCUT2D eigenvalue weighted by Gasteiger charge is 1.84. The summed E-state index contributed by atoms with van der Waals surface area (Å²) in [5.41, 5.74) is 18.5. The molecule has 2 amide bonds. The van der Waals surface area contributed by atoms with Crippen LogP contribution in [0.1, 0.15) is 0 Å². The molecular weight excluding hydrogens is 256 g/mol. The molecule has 0 unspecified atom stereocenters. The Kier molecular flexibility index (Phi) is 25.3. The molecule has 0 saturated heterocycles. The number of hydrogen-bond donors (Lipinski definition) is 6. The summed E-state index contributed by atoms with van der Waals surface area (Å²) in [6.45, 7) is 1.53. The van der Waals surface area contributed by atoms with Gasteiger partial charge in [0.2, 0.25) is 0 Å². The number of primary amides is 2. The van der Waals surface area contributed by atoms with Crippen LogP contribution < -0.4 is 22.9 Å². The van der Waals surface area contributed by atoms with Gasteiger partial charge in [-0.25, -0.2) is 9.59 Å². The van der Waals surface area contributed by atoms with Gasteiger partial charge >= 0.3 is 12.2 Å². The summed E-state index contributed by atoms with van der Waals surface area (Å²) >= 11 is 0. The Hall–Kier alpha value is -0.840. The number of carboxylic acid groups (broad SMARTS) is 2. The highest BCUT2D eigenvalue weighted by molar-refractivity contribution is 8.76. The quantitative estimate of drug-likeness (QED) is 0.287. The Labute approximate surface area is 101 Å². The van der Waals surface area contributed by atoms with Crippen LogP contribution in [0.2, 0.25) is 0 Å². The molecule has 10 N–H and O–H groups in total. The van der Waals surface area contributed by atoms with Gasteiger partial charge in [0.25, 0.3) is 0 Å². The first-order valence-corrected chi connectivity index (χ1v) is 6.48.